The number of hydrogen-bond acceptors (Lipinski definition) is 3. The molecule has 3 amide bonds. The maximum Gasteiger partial charge on any atom is 0.315 e. The Morgan fingerprint density at radius 2 is 1.86 bits per heavy atom. The van der Waals surface area contributed by atoms with Gasteiger partial charge in [-0.25, -0.2) is 4.79 Å². The van der Waals surface area contributed by atoms with E-state index in [1.807, 2.05) is 46.6 Å². The highest BCUT2D eigenvalue weighted by Gasteiger charge is 2.31. The fraction of sp³-hybridized carbons (Fsp3) is 0.875. The minimum atomic E-state index is -0.488. The number of nitrogens with one attached hydrogen (secondary N) is 3. The van der Waals surface area contributed by atoms with E-state index in [0.29, 0.717) is 12.6 Å². The minimum absolute atomic E-state index is 0.0130. The summed E-state index contributed by atoms with van der Waals surface area (Å²) >= 11 is 0. The SMILES string of the molecule is CNC1CCCN(C(=O)[C@@H](NC(=O)NC(C)(C)C)C(C)C)C1. The highest BCUT2D eigenvalue weighted by atomic mass is 16.2. The maximum absolute atomic E-state index is 12.8. The normalized spacial score (nSPS) is 20.7. The largest absolute Gasteiger partial charge is 0.339 e. The summed E-state index contributed by atoms with van der Waals surface area (Å²) in [6, 6.07) is -0.436. The predicted octanol–water partition coefficient (Wildman–Crippen LogP) is 1.32. The molecule has 3 N–H and O–H groups in total. The average molecular weight is 312 g/mol. The molecule has 1 aliphatic rings. The van der Waals surface area contributed by atoms with E-state index in [0.717, 1.165) is 19.4 Å². The Hall–Kier alpha value is -1.30. The molecule has 6 nitrogen and oxygen atoms in total. The van der Waals surface area contributed by atoms with Crippen molar-refractivity contribution in [2.24, 2.45) is 5.92 Å². The highest BCUT2D eigenvalue weighted by Crippen LogP contribution is 2.14. The van der Waals surface area contributed by atoms with E-state index in [4.69, 9.17) is 0 Å². The molecule has 0 radical (unpaired) electrons. The molecule has 1 fully saturated rings. The number of likely N-dealkylation sites (tertiary alicyclic amines) is 1. The van der Waals surface area contributed by atoms with Crippen molar-refractivity contribution in [3.8, 4) is 0 Å². The summed E-state index contributed by atoms with van der Waals surface area (Å²) in [6.45, 7) is 11.1. The Morgan fingerprint density at radius 3 is 2.36 bits per heavy atom. The van der Waals surface area contributed by atoms with Crippen LogP contribution in [0.4, 0.5) is 4.79 Å². The Morgan fingerprint density at radius 1 is 1.23 bits per heavy atom. The van der Waals surface area contributed by atoms with Gasteiger partial charge in [0.15, 0.2) is 0 Å². The first-order chi connectivity index (χ1) is 10.1. The molecular formula is C16H32N4O2. The first-order valence-electron chi connectivity index (χ1n) is 8.18. The summed E-state index contributed by atoms with van der Waals surface area (Å²) < 4.78 is 0. The number of hydrogen-bond donors (Lipinski definition) is 3. The van der Waals surface area contributed by atoms with Crippen LogP contribution in [-0.4, -0.2) is 54.6 Å². The summed E-state index contributed by atoms with van der Waals surface area (Å²) in [5.41, 5.74) is -0.322. The van der Waals surface area contributed by atoms with Gasteiger partial charge >= 0.3 is 6.03 Å². The zero-order valence-corrected chi connectivity index (χ0v) is 14.8. The van der Waals surface area contributed by atoms with Gasteiger partial charge in [0.1, 0.15) is 6.04 Å². The van der Waals surface area contributed by atoms with Crippen LogP contribution in [0.3, 0.4) is 0 Å². The second-order valence-electron chi connectivity index (χ2n) is 7.48. The molecule has 0 spiro atoms. The van der Waals surface area contributed by atoms with Crippen LogP contribution in [-0.2, 0) is 4.79 Å². The molecule has 128 valence electrons. The Balaban J connectivity index is 2.69. The predicted molar refractivity (Wildman–Crippen MR) is 88.7 cm³/mol. The molecule has 1 unspecified atom stereocenters. The van der Waals surface area contributed by atoms with Crippen molar-refractivity contribution in [3.05, 3.63) is 0 Å². The summed E-state index contributed by atoms with van der Waals surface area (Å²) in [5, 5.41) is 8.93. The van der Waals surface area contributed by atoms with Gasteiger partial charge in [-0.05, 0) is 46.6 Å². The Kier molecular flexibility index (Phi) is 6.66. The van der Waals surface area contributed by atoms with E-state index in [1.54, 1.807) is 0 Å². The van der Waals surface area contributed by atoms with E-state index in [1.165, 1.54) is 0 Å². The van der Waals surface area contributed by atoms with E-state index in [-0.39, 0.29) is 23.4 Å². The van der Waals surface area contributed by atoms with Crippen LogP contribution in [0.5, 0.6) is 0 Å². The fourth-order valence-electron chi connectivity index (χ4n) is 2.64. The van der Waals surface area contributed by atoms with Gasteiger partial charge in [0.2, 0.25) is 5.91 Å². The zero-order chi connectivity index (χ0) is 16.9. The summed E-state index contributed by atoms with van der Waals surface area (Å²) in [6.07, 6.45) is 2.08. The van der Waals surface area contributed by atoms with Crippen LogP contribution in [0.25, 0.3) is 0 Å². The van der Waals surface area contributed by atoms with Gasteiger partial charge in [-0.1, -0.05) is 13.8 Å². The first-order valence-corrected chi connectivity index (χ1v) is 8.18. The number of carbonyl (C=O) groups excluding carboxylic acids is 2. The molecule has 1 aliphatic heterocycles. The fourth-order valence-corrected chi connectivity index (χ4v) is 2.64. The molecule has 2 atom stereocenters. The molecule has 1 heterocycles. The molecule has 1 rings (SSSR count). The van der Waals surface area contributed by atoms with Crippen molar-refractivity contribution in [1.29, 1.82) is 0 Å². The van der Waals surface area contributed by atoms with E-state index in [2.05, 4.69) is 16.0 Å². The molecule has 0 saturated carbocycles. The lowest BCUT2D eigenvalue weighted by Crippen LogP contribution is -2.58. The van der Waals surface area contributed by atoms with Crippen LogP contribution < -0.4 is 16.0 Å². The van der Waals surface area contributed by atoms with Crippen LogP contribution in [0.2, 0.25) is 0 Å². The number of amides is 3. The number of carbonyl (C=O) groups is 2. The topological polar surface area (TPSA) is 73.5 Å². The van der Waals surface area contributed by atoms with Crippen molar-refractivity contribution in [2.75, 3.05) is 20.1 Å². The third-order valence-electron chi connectivity index (χ3n) is 3.85. The number of nitrogens with zero attached hydrogens (tertiary/aromatic N) is 1. The number of likely N-dealkylation sites (N-methyl/N-ethyl adjacent to an activating group) is 1. The Bertz CT molecular complexity index is 390. The van der Waals surface area contributed by atoms with Gasteiger partial charge in [0.05, 0.1) is 0 Å². The standard InChI is InChI=1S/C16H32N4O2/c1-11(2)13(18-15(22)19-16(3,4)5)14(21)20-9-7-8-12(10-20)17-6/h11-13,17H,7-10H2,1-6H3,(H2,18,19,22)/t12?,13-/m0/s1. The van der Waals surface area contributed by atoms with Gasteiger partial charge in [-0.15, -0.1) is 0 Å². The molecule has 0 aliphatic carbocycles. The molecule has 0 bridgehead atoms. The number of rotatable bonds is 4. The molecule has 0 aromatic rings. The lowest BCUT2D eigenvalue weighted by Gasteiger charge is -2.36. The van der Waals surface area contributed by atoms with Crippen LogP contribution >= 0.6 is 0 Å². The van der Waals surface area contributed by atoms with Crippen molar-refractivity contribution >= 4 is 11.9 Å². The van der Waals surface area contributed by atoms with Gasteiger partial charge < -0.3 is 20.9 Å². The van der Waals surface area contributed by atoms with Gasteiger partial charge in [0.25, 0.3) is 0 Å². The molecule has 0 aromatic heterocycles. The van der Waals surface area contributed by atoms with Crippen molar-refractivity contribution in [3.63, 3.8) is 0 Å². The van der Waals surface area contributed by atoms with Crippen molar-refractivity contribution < 1.29 is 9.59 Å². The van der Waals surface area contributed by atoms with E-state index in [9.17, 15) is 9.59 Å². The van der Waals surface area contributed by atoms with E-state index < -0.39 is 6.04 Å². The highest BCUT2D eigenvalue weighted by molar-refractivity contribution is 5.87. The molecule has 6 heteroatoms. The summed E-state index contributed by atoms with van der Waals surface area (Å²) in [7, 11) is 1.92. The third-order valence-corrected chi connectivity index (χ3v) is 3.85. The average Bonchev–Trinajstić information content (AvgIpc) is 2.42. The van der Waals surface area contributed by atoms with Crippen molar-refractivity contribution in [2.45, 2.75) is 65.1 Å². The summed E-state index contributed by atoms with van der Waals surface area (Å²) in [4.78, 5) is 26.7. The third kappa shape index (κ3) is 5.83. The molecule has 0 aromatic carbocycles. The number of urea groups is 1. The zero-order valence-electron chi connectivity index (χ0n) is 14.8. The Labute approximate surface area is 134 Å². The van der Waals surface area contributed by atoms with Gasteiger partial charge in [-0.2, -0.15) is 0 Å². The quantitative estimate of drug-likeness (QED) is 0.733. The molecule has 22 heavy (non-hydrogen) atoms. The van der Waals surface area contributed by atoms with Crippen LogP contribution in [0.15, 0.2) is 0 Å². The molecular weight excluding hydrogens is 280 g/mol. The lowest BCUT2D eigenvalue weighted by molar-refractivity contribution is -0.135. The lowest BCUT2D eigenvalue weighted by atomic mass is 9.99. The van der Waals surface area contributed by atoms with Crippen molar-refractivity contribution in [1.82, 2.24) is 20.9 Å². The van der Waals surface area contributed by atoms with Gasteiger partial charge in [-0.3, -0.25) is 4.79 Å². The second-order valence-corrected chi connectivity index (χ2v) is 7.48. The van der Waals surface area contributed by atoms with Gasteiger partial charge in [0, 0.05) is 24.7 Å². The first kappa shape index (κ1) is 18.7. The second kappa shape index (κ2) is 7.81. The monoisotopic (exact) mass is 312 g/mol. The smallest absolute Gasteiger partial charge is 0.315 e. The van der Waals surface area contributed by atoms with Crippen LogP contribution in [0.1, 0.15) is 47.5 Å². The minimum Gasteiger partial charge on any atom is -0.339 e. The summed E-state index contributed by atoms with van der Waals surface area (Å²) in [5.74, 6) is 0.0622. The maximum atomic E-state index is 12.8. The van der Waals surface area contributed by atoms with Crippen LogP contribution in [0, 0.1) is 5.92 Å². The molecule has 1 saturated heterocycles. The van der Waals surface area contributed by atoms with E-state index >= 15 is 0 Å². The number of piperidine rings is 1.